The highest BCUT2D eigenvalue weighted by Crippen LogP contribution is 2.24. The summed E-state index contributed by atoms with van der Waals surface area (Å²) in [6, 6.07) is 0. The minimum absolute atomic E-state index is 0.581. The van der Waals surface area contributed by atoms with Gasteiger partial charge in [-0.25, -0.2) is 0 Å². The molecular weight excluding hydrogens is 430 g/mol. The van der Waals surface area contributed by atoms with E-state index in [1.54, 1.807) is 0 Å². The zero-order chi connectivity index (χ0) is 25.6. The first-order valence-corrected chi connectivity index (χ1v) is 15.8. The molecule has 0 aromatic rings. The smallest absolute Gasteiger partial charge is 0.0700 e. The highest BCUT2D eigenvalue weighted by molar-refractivity contribution is 4.63. The lowest BCUT2D eigenvalue weighted by molar-refractivity contribution is 0.103. The highest BCUT2D eigenvalue weighted by Gasteiger charge is 2.09. The molecule has 0 bridgehead atoms. The van der Waals surface area contributed by atoms with Crippen molar-refractivity contribution in [1.82, 2.24) is 5.32 Å². The molecular formula is C32H65NO2. The van der Waals surface area contributed by atoms with Crippen molar-refractivity contribution in [3.8, 4) is 0 Å². The monoisotopic (exact) mass is 496 g/mol. The maximum Gasteiger partial charge on any atom is 0.0700 e. The first kappa shape index (κ1) is 32.9. The normalized spacial score (nSPS) is 26.8. The van der Waals surface area contributed by atoms with E-state index in [-0.39, 0.29) is 0 Å². The van der Waals surface area contributed by atoms with Crippen LogP contribution in [0.3, 0.4) is 0 Å². The fourth-order valence-corrected chi connectivity index (χ4v) is 5.15. The number of ether oxygens (including phenoxy) is 2. The molecule has 35 heavy (non-hydrogen) atoms. The van der Waals surface area contributed by atoms with Gasteiger partial charge in [-0.15, -0.1) is 0 Å². The fraction of sp³-hybridized carbons (Fsp3) is 1.00. The molecule has 5 fully saturated rings. The summed E-state index contributed by atoms with van der Waals surface area (Å²) in [5, 5.41) is 3.40. The van der Waals surface area contributed by atoms with Gasteiger partial charge < -0.3 is 14.8 Å². The molecule has 0 amide bonds. The minimum Gasteiger partial charge on any atom is -0.379 e. The molecule has 3 aliphatic carbocycles. The second-order valence-electron chi connectivity index (χ2n) is 12.6. The Labute approximate surface area is 221 Å². The number of hydrogen-bond acceptors (Lipinski definition) is 3. The van der Waals surface area contributed by atoms with Crippen molar-refractivity contribution in [2.45, 2.75) is 137 Å². The first-order chi connectivity index (χ1) is 17.0. The Morgan fingerprint density at radius 2 is 0.829 bits per heavy atom. The summed E-state index contributed by atoms with van der Waals surface area (Å²) in [6.45, 7) is 17.2. The molecule has 2 saturated heterocycles. The Bertz CT molecular complexity index is 377. The van der Waals surface area contributed by atoms with Gasteiger partial charge in [0.25, 0.3) is 0 Å². The molecule has 210 valence electrons. The van der Waals surface area contributed by atoms with Crippen LogP contribution in [-0.4, -0.2) is 39.5 Å². The second-order valence-corrected chi connectivity index (χ2v) is 12.6. The van der Waals surface area contributed by atoms with E-state index >= 15 is 0 Å². The van der Waals surface area contributed by atoms with Crippen LogP contribution in [0.4, 0.5) is 0 Å². The second kappa shape index (κ2) is 23.0. The van der Waals surface area contributed by atoms with Gasteiger partial charge in [0, 0.05) is 5.92 Å². The van der Waals surface area contributed by atoms with Crippen molar-refractivity contribution in [1.29, 1.82) is 0 Å². The number of hydrogen-bond donors (Lipinski definition) is 1. The Kier molecular flexibility index (Phi) is 21.7. The Hall–Kier alpha value is -0.120. The average Bonchev–Trinajstić information content (AvgIpc) is 3.24. The van der Waals surface area contributed by atoms with Crippen LogP contribution >= 0.6 is 0 Å². The van der Waals surface area contributed by atoms with Crippen molar-refractivity contribution in [3.63, 3.8) is 0 Å². The summed E-state index contributed by atoms with van der Waals surface area (Å²) in [7, 11) is 0. The van der Waals surface area contributed by atoms with Crippen molar-refractivity contribution < 1.29 is 9.47 Å². The lowest BCUT2D eigenvalue weighted by atomic mass is 9.88. The number of nitrogens with one attached hydrogen (secondary N) is 1. The molecule has 3 nitrogen and oxygen atoms in total. The zero-order valence-corrected chi connectivity index (χ0v) is 24.8. The topological polar surface area (TPSA) is 30.5 Å². The Balaban J connectivity index is 0.000000220. The first-order valence-electron chi connectivity index (χ1n) is 15.8. The molecule has 1 unspecified atom stereocenters. The third-order valence-electron chi connectivity index (χ3n) is 8.15. The van der Waals surface area contributed by atoms with E-state index < -0.39 is 0 Å². The van der Waals surface area contributed by atoms with Crippen molar-refractivity contribution in [3.05, 3.63) is 0 Å². The zero-order valence-electron chi connectivity index (χ0n) is 24.8. The fourth-order valence-electron chi connectivity index (χ4n) is 5.15. The Morgan fingerprint density at radius 3 is 1.20 bits per heavy atom. The van der Waals surface area contributed by atoms with Gasteiger partial charge in [-0.2, -0.15) is 0 Å². The maximum absolute atomic E-state index is 5.18. The van der Waals surface area contributed by atoms with Crippen LogP contribution in [0, 0.1) is 29.6 Å². The highest BCUT2D eigenvalue weighted by atomic mass is 16.5. The van der Waals surface area contributed by atoms with E-state index in [9.17, 15) is 0 Å². The van der Waals surface area contributed by atoms with Crippen LogP contribution in [0.1, 0.15) is 137 Å². The van der Waals surface area contributed by atoms with E-state index in [0.717, 1.165) is 50.1 Å². The molecule has 2 heterocycles. The van der Waals surface area contributed by atoms with E-state index in [2.05, 4.69) is 39.9 Å². The molecule has 5 aliphatic rings. The third-order valence-corrected chi connectivity index (χ3v) is 8.15. The summed E-state index contributed by atoms with van der Waals surface area (Å²) < 4.78 is 10.4. The summed E-state index contributed by atoms with van der Waals surface area (Å²) in [5.41, 5.74) is 0. The van der Waals surface area contributed by atoms with E-state index in [1.807, 2.05) is 0 Å². The standard InChI is InChI=1S/C7H15N.2C7H14.C6H12O2.C5H10/c1-7-4-2-3-5-8-6-7;2*1-7-5-3-2-4-6-7;1-6-4-7-2-3-8-5-6;1-5-3-2-4-5/h7-8H,2-6H2,1H3;2*7H,2-6H2,1H3;6H,2-5H2,1H3;5H,2-4H2,1H3. The molecule has 2 aliphatic heterocycles. The van der Waals surface area contributed by atoms with E-state index in [4.69, 9.17) is 9.47 Å². The van der Waals surface area contributed by atoms with Gasteiger partial charge in [-0.1, -0.05) is 125 Å². The van der Waals surface area contributed by atoms with Crippen LogP contribution in [0.25, 0.3) is 0 Å². The van der Waals surface area contributed by atoms with Crippen LogP contribution in [0.15, 0.2) is 0 Å². The van der Waals surface area contributed by atoms with Gasteiger partial charge in [0.2, 0.25) is 0 Å². The molecule has 5 rings (SSSR count). The maximum atomic E-state index is 5.18. The summed E-state index contributed by atoms with van der Waals surface area (Å²) in [6.07, 6.45) is 23.6. The van der Waals surface area contributed by atoms with Gasteiger partial charge in [0.15, 0.2) is 0 Å². The van der Waals surface area contributed by atoms with Gasteiger partial charge in [0.1, 0.15) is 0 Å². The van der Waals surface area contributed by atoms with Crippen LogP contribution < -0.4 is 5.32 Å². The molecule has 1 N–H and O–H groups in total. The Morgan fingerprint density at radius 1 is 0.429 bits per heavy atom. The lowest BCUT2D eigenvalue weighted by Crippen LogP contribution is -2.18. The predicted octanol–water partition coefficient (Wildman–Crippen LogP) is 9.04. The summed E-state index contributed by atoms with van der Waals surface area (Å²) >= 11 is 0. The SMILES string of the molecule is CC1CCC1.CC1CCCCC1.CC1CCCCC1.CC1CCCCNC1.CC1COCCOC1. The molecule has 0 aromatic carbocycles. The molecule has 0 spiro atoms. The van der Waals surface area contributed by atoms with Crippen molar-refractivity contribution >= 4 is 0 Å². The molecule has 3 heteroatoms. The van der Waals surface area contributed by atoms with Gasteiger partial charge in [0.05, 0.1) is 26.4 Å². The van der Waals surface area contributed by atoms with Crippen molar-refractivity contribution in [2.24, 2.45) is 29.6 Å². The van der Waals surface area contributed by atoms with Gasteiger partial charge >= 0.3 is 0 Å². The average molecular weight is 496 g/mol. The third kappa shape index (κ3) is 21.7. The largest absolute Gasteiger partial charge is 0.379 e. The number of rotatable bonds is 0. The molecule has 0 aromatic heterocycles. The molecule has 1 atom stereocenters. The van der Waals surface area contributed by atoms with E-state index in [1.165, 1.54) is 116 Å². The van der Waals surface area contributed by atoms with Crippen LogP contribution in [0.5, 0.6) is 0 Å². The summed E-state index contributed by atoms with van der Waals surface area (Å²) in [4.78, 5) is 0. The summed E-state index contributed by atoms with van der Waals surface area (Å²) in [5.74, 6) is 4.63. The predicted molar refractivity (Wildman–Crippen MR) is 154 cm³/mol. The van der Waals surface area contributed by atoms with Crippen LogP contribution in [0.2, 0.25) is 0 Å². The molecule has 0 radical (unpaired) electrons. The van der Waals surface area contributed by atoms with Crippen LogP contribution in [-0.2, 0) is 9.47 Å². The lowest BCUT2D eigenvalue weighted by Gasteiger charge is -2.18. The van der Waals surface area contributed by atoms with Gasteiger partial charge in [-0.05, 0) is 49.6 Å². The van der Waals surface area contributed by atoms with Crippen molar-refractivity contribution in [2.75, 3.05) is 39.5 Å². The van der Waals surface area contributed by atoms with E-state index in [0.29, 0.717) is 5.92 Å². The van der Waals surface area contributed by atoms with Gasteiger partial charge in [-0.3, -0.25) is 0 Å². The quantitative estimate of drug-likeness (QED) is 0.363. The minimum atomic E-state index is 0.581. The molecule has 3 saturated carbocycles.